The predicted octanol–water partition coefficient (Wildman–Crippen LogP) is 4.41. The van der Waals surface area contributed by atoms with Crippen LogP contribution in [0, 0.1) is 0 Å². The van der Waals surface area contributed by atoms with E-state index in [1.807, 2.05) is 54.6 Å². The zero-order valence-corrected chi connectivity index (χ0v) is 15.3. The van der Waals surface area contributed by atoms with E-state index in [-0.39, 0.29) is 0 Å². The summed E-state index contributed by atoms with van der Waals surface area (Å²) in [5, 5.41) is 9.59. The minimum atomic E-state index is -0.770. The maximum Gasteiger partial charge on any atom is 0.312 e. The summed E-state index contributed by atoms with van der Waals surface area (Å²) < 4.78 is 12.7. The van der Waals surface area contributed by atoms with Gasteiger partial charge in [0.05, 0.1) is 25.8 Å². The van der Waals surface area contributed by atoms with E-state index in [1.165, 1.54) is 0 Å². The predicted molar refractivity (Wildman–Crippen MR) is 103 cm³/mol. The number of carboxylic acids is 1. The second-order valence-electron chi connectivity index (χ2n) is 6.62. The molecule has 0 amide bonds. The van der Waals surface area contributed by atoms with Crippen LogP contribution in [0.25, 0.3) is 22.4 Å². The third-order valence-corrected chi connectivity index (χ3v) is 5.19. The topological polar surface area (TPSA) is 60.7 Å². The Labute approximate surface area is 157 Å². The van der Waals surface area contributed by atoms with Crippen LogP contribution < -0.4 is 9.47 Å². The lowest BCUT2D eigenvalue weighted by Gasteiger charge is -2.11. The summed E-state index contributed by atoms with van der Waals surface area (Å²) >= 11 is 0. The lowest BCUT2D eigenvalue weighted by molar-refractivity contribution is -0.138. The van der Waals surface area contributed by atoms with Gasteiger partial charge in [-0.2, -0.15) is 0 Å². The van der Waals surface area contributed by atoms with Crippen LogP contribution in [-0.4, -0.2) is 29.9 Å². The molecule has 1 atom stereocenters. The Bertz CT molecular complexity index is 971. The molecule has 0 saturated heterocycles. The average Bonchev–Trinajstić information content (AvgIpc) is 3.27. The van der Waals surface area contributed by atoms with E-state index < -0.39 is 11.9 Å². The van der Waals surface area contributed by atoms with Crippen molar-refractivity contribution in [1.82, 2.24) is 4.57 Å². The summed E-state index contributed by atoms with van der Waals surface area (Å²) in [6, 6.07) is 17.8. The number of ether oxygens (including phenoxy) is 2. The van der Waals surface area contributed by atoms with Gasteiger partial charge in [0.1, 0.15) is 11.5 Å². The fourth-order valence-corrected chi connectivity index (χ4v) is 3.81. The zero-order valence-electron chi connectivity index (χ0n) is 15.3. The first kappa shape index (κ1) is 17.2. The van der Waals surface area contributed by atoms with E-state index in [4.69, 9.17) is 9.47 Å². The molecule has 0 saturated carbocycles. The van der Waals surface area contributed by atoms with E-state index in [0.29, 0.717) is 13.0 Å². The Morgan fingerprint density at radius 1 is 0.963 bits per heavy atom. The third-order valence-electron chi connectivity index (χ3n) is 5.19. The molecule has 1 unspecified atom stereocenters. The van der Waals surface area contributed by atoms with E-state index in [0.717, 1.165) is 39.6 Å². The van der Waals surface area contributed by atoms with E-state index >= 15 is 0 Å². The number of hydrogen-bond donors (Lipinski definition) is 1. The Morgan fingerprint density at radius 3 is 2.04 bits per heavy atom. The van der Waals surface area contributed by atoms with E-state index in [1.54, 1.807) is 14.2 Å². The molecule has 5 nitrogen and oxygen atoms in total. The Balaban J connectivity index is 1.88. The van der Waals surface area contributed by atoms with Gasteiger partial charge in [-0.3, -0.25) is 4.79 Å². The van der Waals surface area contributed by atoms with E-state index in [2.05, 4.69) is 4.57 Å². The number of carbonyl (C=O) groups is 1. The van der Waals surface area contributed by atoms with Crippen molar-refractivity contribution < 1.29 is 19.4 Å². The molecule has 3 aromatic rings. The van der Waals surface area contributed by atoms with Crippen LogP contribution >= 0.6 is 0 Å². The summed E-state index contributed by atoms with van der Waals surface area (Å²) in [4.78, 5) is 11.7. The van der Waals surface area contributed by atoms with Crippen LogP contribution in [0.1, 0.15) is 18.0 Å². The average molecular weight is 363 g/mol. The number of aromatic nitrogens is 1. The fraction of sp³-hybridized carbons (Fsp3) is 0.227. The maximum atomic E-state index is 11.7. The van der Waals surface area contributed by atoms with Crippen LogP contribution in [0.5, 0.6) is 11.5 Å². The first-order chi connectivity index (χ1) is 13.1. The van der Waals surface area contributed by atoms with Crippen molar-refractivity contribution in [3.63, 3.8) is 0 Å². The molecule has 138 valence electrons. The van der Waals surface area contributed by atoms with Gasteiger partial charge in [0, 0.05) is 17.8 Å². The van der Waals surface area contributed by atoms with Gasteiger partial charge in [-0.05, 0) is 60.0 Å². The van der Waals surface area contributed by atoms with Crippen LogP contribution in [0.15, 0.2) is 54.6 Å². The van der Waals surface area contributed by atoms with E-state index in [9.17, 15) is 9.90 Å². The molecule has 0 aliphatic carbocycles. The number of methoxy groups -OCH3 is 2. The summed E-state index contributed by atoms with van der Waals surface area (Å²) in [5.41, 5.74) is 5.01. The van der Waals surface area contributed by atoms with Gasteiger partial charge >= 0.3 is 5.97 Å². The molecule has 2 aromatic carbocycles. The van der Waals surface area contributed by atoms with Crippen molar-refractivity contribution in [3.05, 3.63) is 60.3 Å². The van der Waals surface area contributed by atoms with Crippen molar-refractivity contribution >= 4 is 5.97 Å². The molecule has 1 aromatic heterocycles. The first-order valence-corrected chi connectivity index (χ1v) is 8.87. The number of aliphatic carboxylic acids is 1. The third kappa shape index (κ3) is 2.95. The number of nitrogens with zero attached hydrogens (tertiary/aromatic N) is 1. The number of benzene rings is 2. The second-order valence-corrected chi connectivity index (χ2v) is 6.62. The summed E-state index contributed by atoms with van der Waals surface area (Å²) in [7, 11) is 3.28. The van der Waals surface area contributed by atoms with Gasteiger partial charge in [0.2, 0.25) is 0 Å². The molecule has 1 aliphatic heterocycles. The molecule has 5 heteroatoms. The van der Waals surface area contributed by atoms with Crippen molar-refractivity contribution in [3.8, 4) is 33.9 Å². The highest BCUT2D eigenvalue weighted by Crippen LogP contribution is 2.42. The van der Waals surface area contributed by atoms with Crippen LogP contribution in [0.4, 0.5) is 0 Å². The van der Waals surface area contributed by atoms with Crippen molar-refractivity contribution in [2.45, 2.75) is 18.9 Å². The van der Waals surface area contributed by atoms with Gasteiger partial charge in [0.15, 0.2) is 0 Å². The molecule has 1 aliphatic rings. The monoisotopic (exact) mass is 363 g/mol. The summed E-state index contributed by atoms with van der Waals surface area (Å²) in [6.07, 6.45) is 0.622. The molecular weight excluding hydrogens is 342 g/mol. The fourth-order valence-electron chi connectivity index (χ4n) is 3.81. The lowest BCUT2D eigenvalue weighted by atomic mass is 9.98. The van der Waals surface area contributed by atoms with Gasteiger partial charge in [-0.1, -0.05) is 12.1 Å². The van der Waals surface area contributed by atoms with Crippen molar-refractivity contribution in [1.29, 1.82) is 0 Å². The van der Waals surface area contributed by atoms with Gasteiger partial charge in [-0.25, -0.2) is 0 Å². The Kier molecular flexibility index (Phi) is 4.36. The summed E-state index contributed by atoms with van der Waals surface area (Å²) in [6.45, 7) is 0.698. The number of carboxylic acid groups (broad SMARTS) is 1. The highest BCUT2D eigenvalue weighted by molar-refractivity contribution is 5.86. The normalized spacial score (nSPS) is 15.4. The smallest absolute Gasteiger partial charge is 0.312 e. The zero-order chi connectivity index (χ0) is 19.0. The Morgan fingerprint density at radius 2 is 1.52 bits per heavy atom. The number of rotatable bonds is 5. The van der Waals surface area contributed by atoms with Crippen molar-refractivity contribution in [2.75, 3.05) is 14.2 Å². The largest absolute Gasteiger partial charge is 0.497 e. The van der Waals surface area contributed by atoms with Crippen LogP contribution in [-0.2, 0) is 11.3 Å². The summed E-state index contributed by atoms with van der Waals surface area (Å²) in [5.74, 6) is 0.351. The molecular formula is C22H21NO4. The van der Waals surface area contributed by atoms with Crippen LogP contribution in [0.2, 0.25) is 0 Å². The number of fused-ring (bicyclic) bond motifs is 1. The molecule has 0 radical (unpaired) electrons. The molecule has 0 fully saturated rings. The standard InChI is InChI=1S/C22H21NO4/c1-26-16-7-3-14(4-8-16)19-13-20-18(22(24)25)11-12-23(20)21(19)15-5-9-17(27-2)10-6-15/h3-10,13,18H,11-12H2,1-2H3,(H,24,25). The maximum absolute atomic E-state index is 11.7. The van der Waals surface area contributed by atoms with Gasteiger partial charge in [-0.15, -0.1) is 0 Å². The van der Waals surface area contributed by atoms with Gasteiger partial charge < -0.3 is 19.1 Å². The minimum Gasteiger partial charge on any atom is -0.497 e. The van der Waals surface area contributed by atoms with Crippen LogP contribution in [0.3, 0.4) is 0 Å². The van der Waals surface area contributed by atoms with Gasteiger partial charge in [0.25, 0.3) is 0 Å². The Hall–Kier alpha value is -3.21. The molecule has 0 bridgehead atoms. The quantitative estimate of drug-likeness (QED) is 0.729. The SMILES string of the molecule is COc1ccc(-c2cc3n(c2-c2ccc(OC)cc2)CCC3C(=O)O)cc1. The highest BCUT2D eigenvalue weighted by Gasteiger charge is 2.32. The molecule has 4 rings (SSSR count). The molecule has 2 heterocycles. The highest BCUT2D eigenvalue weighted by atomic mass is 16.5. The molecule has 27 heavy (non-hydrogen) atoms. The molecule has 1 N–H and O–H groups in total. The second kappa shape index (κ2) is 6.83. The van der Waals surface area contributed by atoms with Crippen molar-refractivity contribution in [2.24, 2.45) is 0 Å². The first-order valence-electron chi connectivity index (χ1n) is 8.87. The lowest BCUT2D eigenvalue weighted by Crippen LogP contribution is -2.07. The minimum absolute atomic E-state index is 0.464. The molecule has 0 spiro atoms. The number of hydrogen-bond acceptors (Lipinski definition) is 3.